The van der Waals surface area contributed by atoms with Gasteiger partial charge in [-0.05, 0) is 0 Å². The molecule has 0 heterocycles. The summed E-state index contributed by atoms with van der Waals surface area (Å²) in [7, 11) is 18.5. The molecule has 0 aromatic carbocycles. The van der Waals surface area contributed by atoms with Crippen LogP contribution < -0.4 is 22.6 Å². The van der Waals surface area contributed by atoms with E-state index >= 15 is 0 Å². The van der Waals surface area contributed by atoms with Crippen LogP contribution in [0, 0.1) is 0 Å². The van der Waals surface area contributed by atoms with Gasteiger partial charge in [0.05, 0.1) is 95.2 Å². The number of likely N-dealkylation sites (N-methyl/N-ethyl adjacent to an activating group) is 3. The highest BCUT2D eigenvalue weighted by atomic mass is 35.5. The van der Waals surface area contributed by atoms with Crippen LogP contribution in [0.25, 0.3) is 0 Å². The lowest BCUT2D eigenvalue weighted by atomic mass is 10.5. The third-order valence-corrected chi connectivity index (χ3v) is 2.48. The second-order valence-electron chi connectivity index (χ2n) is 8.79. The topological polar surface area (TPSA) is 204 Å². The fourth-order valence-electron chi connectivity index (χ4n) is 0.900. The molecule has 0 saturated heterocycles. The van der Waals surface area contributed by atoms with E-state index in [0.29, 0.717) is 0 Å². The summed E-state index contributed by atoms with van der Waals surface area (Å²) in [5, 5.41) is 43.0. The van der Waals surface area contributed by atoms with Crippen molar-refractivity contribution >= 4 is 11.9 Å². The van der Waals surface area contributed by atoms with E-state index in [9.17, 15) is 0 Å². The molecule has 7 N–H and O–H groups in total. The lowest BCUT2D eigenvalue weighted by molar-refractivity contribution is -0.870. The van der Waals surface area contributed by atoms with Gasteiger partial charge in [-0.3, -0.25) is 0 Å². The van der Waals surface area contributed by atoms with Gasteiger partial charge < -0.3 is 71.9 Å². The summed E-state index contributed by atoms with van der Waals surface area (Å²) >= 11 is 0. The highest BCUT2D eigenvalue weighted by Crippen LogP contribution is 1.85. The first-order chi connectivity index (χ1) is 11.8. The van der Waals surface area contributed by atoms with Gasteiger partial charge in [-0.2, -0.15) is 0 Å². The number of carboxylic acids is 2. The van der Waals surface area contributed by atoms with Gasteiger partial charge in [0.25, 0.3) is 0 Å². The summed E-state index contributed by atoms with van der Waals surface area (Å²) in [6.07, 6.45) is 0. The number of carbonyl (C=O) groups is 2. The zero-order valence-electron chi connectivity index (χ0n) is 19.9. The maximum Gasteiger partial charge on any atom is 0.101 e. The van der Waals surface area contributed by atoms with Crippen molar-refractivity contribution in [1.29, 1.82) is 0 Å². The number of nitrogens with zero attached hydrogens (tertiary/aromatic N) is 3. The third kappa shape index (κ3) is 81.3. The monoisotopic (exact) mass is 471 g/mol. The molecule has 0 aliphatic heterocycles. The van der Waals surface area contributed by atoms with E-state index in [1.807, 2.05) is 0 Å². The lowest BCUT2D eigenvalue weighted by Gasteiger charge is -2.21. The van der Waals surface area contributed by atoms with E-state index in [1.54, 1.807) is 0 Å². The number of aliphatic hydroxyl groups excluding tert-OH is 3. The molecule has 0 rings (SSSR count). The van der Waals surface area contributed by atoms with Crippen molar-refractivity contribution in [3.05, 3.63) is 0 Å². The van der Waals surface area contributed by atoms with Gasteiger partial charge in [-0.1, -0.05) is 0 Å². The summed E-state index contributed by atoms with van der Waals surface area (Å²) in [5.41, 5.74) is 0. The predicted molar refractivity (Wildman–Crippen MR) is 107 cm³/mol. The van der Waals surface area contributed by atoms with Crippen LogP contribution in [-0.4, -0.2) is 155 Å². The molecule has 0 aliphatic carbocycles. The van der Waals surface area contributed by atoms with Crippen molar-refractivity contribution in [3.63, 3.8) is 0 Å². The second kappa shape index (κ2) is 24.2. The Morgan fingerprint density at radius 1 is 0.567 bits per heavy atom. The van der Waals surface area contributed by atoms with Crippen LogP contribution in [-0.2, 0) is 9.59 Å². The Bertz CT molecular complexity index is 330. The summed E-state index contributed by atoms with van der Waals surface area (Å²) < 4.78 is 2.53. The van der Waals surface area contributed by atoms with Crippen LogP contribution in [0.15, 0.2) is 0 Å². The highest BCUT2D eigenvalue weighted by Gasteiger charge is 2.03. The minimum Gasteiger partial charge on any atom is -1.00 e. The first-order valence-corrected chi connectivity index (χ1v) is 8.49. The average molecular weight is 472 g/mol. The Morgan fingerprint density at radius 3 is 0.700 bits per heavy atom. The number of rotatable bonds is 6. The number of aliphatic hydroxyl groups is 3. The Labute approximate surface area is 187 Å². The predicted octanol–water partition coefficient (Wildman–Crippen LogP) is -9.10. The van der Waals surface area contributed by atoms with Crippen LogP contribution in [0.3, 0.4) is 0 Å². The summed E-state index contributed by atoms with van der Waals surface area (Å²) in [4.78, 5) is 17.9. The van der Waals surface area contributed by atoms with Crippen LogP contribution in [0.4, 0.5) is 0 Å². The number of quaternary nitrogens is 3. The minimum atomic E-state index is -2.19. The summed E-state index contributed by atoms with van der Waals surface area (Å²) in [5.74, 6) is -4.37. The fourth-order valence-corrected chi connectivity index (χ4v) is 0.900. The molecule has 190 valence electrons. The smallest absolute Gasteiger partial charge is 0.101 e. The second-order valence-corrected chi connectivity index (χ2v) is 8.79. The molecular weight excluding hydrogens is 426 g/mol. The maximum atomic E-state index is 8.93. The number of hydrogen-bond donors (Lipinski definition) is 3. The number of carboxylic acid groups (broad SMARTS) is 2. The molecule has 0 spiro atoms. The molecule has 0 radical (unpaired) electrons. The molecule has 30 heavy (non-hydrogen) atoms. The molecule has 0 saturated carbocycles. The normalized spacial score (nSPS) is 9.87. The van der Waals surface area contributed by atoms with Crippen molar-refractivity contribution in [2.24, 2.45) is 0 Å². The van der Waals surface area contributed by atoms with Gasteiger partial charge in [0.1, 0.15) is 19.6 Å². The van der Waals surface area contributed by atoms with Crippen LogP contribution in [0.5, 0.6) is 0 Å². The summed E-state index contributed by atoms with van der Waals surface area (Å²) in [6, 6.07) is 0. The van der Waals surface area contributed by atoms with Crippen molar-refractivity contribution in [1.82, 2.24) is 0 Å². The Balaban J connectivity index is -0.0000000456. The third-order valence-electron chi connectivity index (χ3n) is 2.48. The first-order valence-electron chi connectivity index (χ1n) is 8.49. The Morgan fingerprint density at radius 2 is 0.700 bits per heavy atom. The standard InChI is InChI=1S/3C5H14NO.C2H2O4.ClH.2H2O/c3*1-6(2,3)4-5-7;3-1(4)2(5)6;;;/h3*7H,4-5H2,1-3H3;(H,3,4)(H,5,6);1H;2*1H2/q3*+1;;;;/p-3. The van der Waals surface area contributed by atoms with Crippen molar-refractivity contribution in [3.8, 4) is 0 Å². The van der Waals surface area contributed by atoms with Gasteiger partial charge in [0.2, 0.25) is 0 Å². The lowest BCUT2D eigenvalue weighted by Crippen LogP contribution is -3.00. The van der Waals surface area contributed by atoms with Gasteiger partial charge >= 0.3 is 0 Å². The fraction of sp³-hybridized carbons (Fsp3) is 0.882. The molecule has 0 bridgehead atoms. The largest absolute Gasteiger partial charge is 1.00 e. The molecule has 0 amide bonds. The van der Waals surface area contributed by atoms with Crippen molar-refractivity contribution in [2.75, 3.05) is 103 Å². The van der Waals surface area contributed by atoms with E-state index in [2.05, 4.69) is 63.4 Å². The first kappa shape index (κ1) is 46.9. The van der Waals surface area contributed by atoms with E-state index < -0.39 is 11.9 Å². The van der Waals surface area contributed by atoms with Crippen molar-refractivity contribution in [2.45, 2.75) is 0 Å². The van der Waals surface area contributed by atoms with E-state index in [0.717, 1.165) is 33.1 Å². The molecule has 0 atom stereocenters. The number of hydrogen-bond acceptors (Lipinski definition) is 7. The van der Waals surface area contributed by atoms with E-state index in [4.69, 9.17) is 35.1 Å². The number of aliphatic carboxylic acids is 2. The summed E-state index contributed by atoms with van der Waals surface area (Å²) in [6.45, 7) is 3.34. The van der Waals surface area contributed by atoms with Crippen LogP contribution >= 0.6 is 0 Å². The Hall–Kier alpha value is -1.09. The highest BCUT2D eigenvalue weighted by molar-refractivity contribution is 6.25. The van der Waals surface area contributed by atoms with Gasteiger partial charge in [-0.25, -0.2) is 0 Å². The van der Waals surface area contributed by atoms with E-state index in [1.165, 1.54) is 0 Å². The van der Waals surface area contributed by atoms with Gasteiger partial charge in [-0.15, -0.1) is 0 Å². The van der Waals surface area contributed by atoms with Gasteiger partial charge in [0.15, 0.2) is 0 Å². The Kier molecular flexibility index (Phi) is 37.8. The van der Waals surface area contributed by atoms with Gasteiger partial charge in [0, 0.05) is 0 Å². The molecule has 0 aliphatic rings. The van der Waals surface area contributed by atoms with Crippen molar-refractivity contribution < 1.29 is 71.9 Å². The molecule has 0 aromatic heterocycles. The quantitative estimate of drug-likeness (QED) is 0.251. The molecule has 0 fully saturated rings. The maximum absolute atomic E-state index is 8.93. The molecule has 12 nitrogen and oxygen atoms in total. The molecule has 13 heteroatoms. The number of carbonyl (C=O) groups excluding carboxylic acids is 2. The average Bonchev–Trinajstić information content (AvgIpc) is 2.36. The van der Waals surface area contributed by atoms with Crippen LogP contribution in [0.2, 0.25) is 0 Å². The number of halogens is 1. The zero-order chi connectivity index (χ0) is 22.9. The van der Waals surface area contributed by atoms with Crippen LogP contribution in [0.1, 0.15) is 0 Å². The minimum absolute atomic E-state index is 0. The SMILES string of the molecule is C[N+](C)(C)CCO.C[N+](C)(C)CCO.C[N+](C)(C)CCO.O.O.O=C([O-])C(=O)[O-].[Cl-]. The molecular formula is C17H46ClN3O9. The molecule has 0 aromatic rings. The van der Waals surface area contributed by atoms with E-state index in [-0.39, 0.29) is 43.2 Å². The zero-order valence-corrected chi connectivity index (χ0v) is 20.7. The molecule has 0 unspecified atom stereocenters.